The summed E-state index contributed by atoms with van der Waals surface area (Å²) in [6, 6.07) is 3.20. The van der Waals surface area contributed by atoms with Gasteiger partial charge in [0.15, 0.2) is 0 Å². The number of rotatable bonds is 3. The van der Waals surface area contributed by atoms with E-state index in [2.05, 4.69) is 25.9 Å². The van der Waals surface area contributed by atoms with Gasteiger partial charge < -0.3 is 4.90 Å². The Hall–Kier alpha value is -0.860. The highest BCUT2D eigenvalue weighted by molar-refractivity contribution is 9.11. The van der Waals surface area contributed by atoms with Gasteiger partial charge in [0.1, 0.15) is 11.0 Å². The van der Waals surface area contributed by atoms with Crippen LogP contribution in [0, 0.1) is 0 Å². The molecule has 0 aromatic carbocycles. The average molecular weight is 387 g/mol. The minimum Gasteiger partial charge on any atom is -0.355 e. The Bertz CT molecular complexity index is 617. The standard InChI is InChI=1S/C11H8BrClF3N3S/c1-19(4-6-2-7(12)20-5-6)9-3-8(13)17-10(18-9)11(14,15)16/h2-3,5H,4H2,1H3. The molecule has 0 radical (unpaired) electrons. The first-order valence-electron chi connectivity index (χ1n) is 5.31. The Labute approximate surface area is 130 Å². The molecule has 2 aromatic rings. The van der Waals surface area contributed by atoms with Gasteiger partial charge in [-0.2, -0.15) is 13.2 Å². The molecule has 2 heterocycles. The van der Waals surface area contributed by atoms with E-state index in [4.69, 9.17) is 11.6 Å². The van der Waals surface area contributed by atoms with E-state index in [1.807, 2.05) is 11.4 Å². The summed E-state index contributed by atoms with van der Waals surface area (Å²) in [6.45, 7) is 0.423. The Kier molecular flexibility index (Phi) is 4.55. The number of hydrogen-bond acceptors (Lipinski definition) is 4. The van der Waals surface area contributed by atoms with Gasteiger partial charge in [-0.05, 0) is 32.9 Å². The number of hydrogen-bond donors (Lipinski definition) is 0. The summed E-state index contributed by atoms with van der Waals surface area (Å²) in [5, 5.41) is 1.68. The summed E-state index contributed by atoms with van der Waals surface area (Å²) in [7, 11) is 1.64. The number of anilines is 1. The Balaban J connectivity index is 2.25. The molecular weight excluding hydrogens is 379 g/mol. The number of nitrogens with zero attached hydrogens (tertiary/aromatic N) is 3. The fourth-order valence-corrected chi connectivity index (χ4v) is 2.89. The molecule has 0 saturated carbocycles. The number of alkyl halides is 3. The van der Waals surface area contributed by atoms with Crippen molar-refractivity contribution in [2.75, 3.05) is 11.9 Å². The van der Waals surface area contributed by atoms with E-state index in [0.717, 1.165) is 9.35 Å². The average Bonchev–Trinajstić information content (AvgIpc) is 2.72. The monoisotopic (exact) mass is 385 g/mol. The van der Waals surface area contributed by atoms with Crippen molar-refractivity contribution in [2.24, 2.45) is 0 Å². The maximum Gasteiger partial charge on any atom is 0.451 e. The highest BCUT2D eigenvalue weighted by Crippen LogP contribution is 2.29. The van der Waals surface area contributed by atoms with Crippen LogP contribution in [0.3, 0.4) is 0 Å². The molecule has 0 bridgehead atoms. The highest BCUT2D eigenvalue weighted by Gasteiger charge is 2.35. The van der Waals surface area contributed by atoms with Crippen LogP contribution in [-0.4, -0.2) is 17.0 Å². The van der Waals surface area contributed by atoms with Gasteiger partial charge in [0.05, 0.1) is 3.79 Å². The molecule has 0 aliphatic carbocycles. The third-order valence-corrected chi connectivity index (χ3v) is 4.11. The van der Waals surface area contributed by atoms with Crippen LogP contribution in [0.5, 0.6) is 0 Å². The summed E-state index contributed by atoms with van der Waals surface area (Å²) < 4.78 is 38.9. The predicted octanol–water partition coefficient (Wildman–Crippen LogP) is 4.61. The Morgan fingerprint density at radius 1 is 1.35 bits per heavy atom. The molecule has 20 heavy (non-hydrogen) atoms. The maximum absolute atomic E-state index is 12.6. The molecule has 0 unspecified atom stereocenters. The number of aromatic nitrogens is 2. The number of thiophene rings is 1. The second-order valence-electron chi connectivity index (χ2n) is 3.99. The van der Waals surface area contributed by atoms with E-state index in [0.29, 0.717) is 6.54 Å². The van der Waals surface area contributed by atoms with Gasteiger partial charge in [-0.15, -0.1) is 11.3 Å². The molecule has 2 rings (SSSR count). The first-order chi connectivity index (χ1) is 9.25. The summed E-state index contributed by atoms with van der Waals surface area (Å²) in [6.07, 6.45) is -4.62. The number of halogens is 5. The van der Waals surface area contributed by atoms with Crippen LogP contribution in [0.25, 0.3) is 0 Å². The molecule has 0 saturated heterocycles. The lowest BCUT2D eigenvalue weighted by Crippen LogP contribution is -2.20. The lowest BCUT2D eigenvalue weighted by molar-refractivity contribution is -0.144. The SMILES string of the molecule is CN(Cc1csc(Br)c1)c1cc(Cl)nc(C(F)(F)F)n1. The first-order valence-corrected chi connectivity index (χ1v) is 7.36. The smallest absolute Gasteiger partial charge is 0.355 e. The minimum absolute atomic E-state index is 0.125. The van der Waals surface area contributed by atoms with Gasteiger partial charge in [0.25, 0.3) is 0 Å². The van der Waals surface area contributed by atoms with Crippen molar-refractivity contribution in [1.29, 1.82) is 0 Å². The van der Waals surface area contributed by atoms with E-state index < -0.39 is 12.0 Å². The fraction of sp³-hybridized carbons (Fsp3) is 0.273. The van der Waals surface area contributed by atoms with Crippen LogP contribution < -0.4 is 4.90 Å². The summed E-state index contributed by atoms with van der Waals surface area (Å²) >= 11 is 10.5. The van der Waals surface area contributed by atoms with E-state index in [9.17, 15) is 13.2 Å². The van der Waals surface area contributed by atoms with E-state index in [1.54, 1.807) is 11.9 Å². The van der Waals surface area contributed by atoms with Crippen LogP contribution in [0.4, 0.5) is 19.0 Å². The van der Waals surface area contributed by atoms with Crippen LogP contribution in [-0.2, 0) is 12.7 Å². The largest absolute Gasteiger partial charge is 0.451 e. The summed E-state index contributed by atoms with van der Waals surface area (Å²) in [4.78, 5) is 8.28. The van der Waals surface area contributed by atoms with Gasteiger partial charge in [0.2, 0.25) is 5.82 Å². The molecular formula is C11H8BrClF3N3S. The first kappa shape index (κ1) is 15.5. The highest BCUT2D eigenvalue weighted by atomic mass is 79.9. The van der Waals surface area contributed by atoms with Crippen molar-refractivity contribution >= 4 is 44.7 Å². The fourth-order valence-electron chi connectivity index (χ4n) is 1.51. The molecule has 0 N–H and O–H groups in total. The Morgan fingerprint density at radius 2 is 2.05 bits per heavy atom. The summed E-state index contributed by atoms with van der Waals surface area (Å²) in [5.41, 5.74) is 0.965. The zero-order valence-corrected chi connectivity index (χ0v) is 13.2. The Morgan fingerprint density at radius 3 is 2.60 bits per heavy atom. The topological polar surface area (TPSA) is 29.0 Å². The summed E-state index contributed by atoms with van der Waals surface area (Å²) in [5.74, 6) is -1.11. The zero-order valence-electron chi connectivity index (χ0n) is 10.1. The lowest BCUT2D eigenvalue weighted by atomic mass is 10.3. The van der Waals surface area contributed by atoms with Crippen LogP contribution in [0.1, 0.15) is 11.4 Å². The quantitative estimate of drug-likeness (QED) is 0.721. The normalized spacial score (nSPS) is 11.7. The molecule has 0 amide bonds. The van der Waals surface area contributed by atoms with Crippen molar-refractivity contribution in [2.45, 2.75) is 12.7 Å². The van der Waals surface area contributed by atoms with Gasteiger partial charge >= 0.3 is 6.18 Å². The van der Waals surface area contributed by atoms with E-state index >= 15 is 0 Å². The van der Waals surface area contributed by atoms with Gasteiger partial charge in [-0.1, -0.05) is 11.6 Å². The molecule has 0 aliphatic rings. The second-order valence-corrected chi connectivity index (χ2v) is 6.66. The second kappa shape index (κ2) is 5.87. The van der Waals surface area contributed by atoms with Gasteiger partial charge in [-0.3, -0.25) is 0 Å². The predicted molar refractivity (Wildman–Crippen MR) is 76.2 cm³/mol. The third-order valence-electron chi connectivity index (χ3n) is 2.37. The molecule has 0 spiro atoms. The minimum atomic E-state index is -4.62. The van der Waals surface area contributed by atoms with Crippen molar-refractivity contribution in [1.82, 2.24) is 9.97 Å². The van der Waals surface area contributed by atoms with Crippen molar-refractivity contribution in [3.8, 4) is 0 Å². The van der Waals surface area contributed by atoms with Gasteiger partial charge in [0, 0.05) is 19.7 Å². The molecule has 0 atom stereocenters. The molecule has 108 valence electrons. The van der Waals surface area contributed by atoms with Crippen molar-refractivity contribution < 1.29 is 13.2 Å². The lowest BCUT2D eigenvalue weighted by Gasteiger charge is -2.18. The maximum atomic E-state index is 12.6. The van der Waals surface area contributed by atoms with E-state index in [-0.39, 0.29) is 11.0 Å². The van der Waals surface area contributed by atoms with Gasteiger partial charge in [-0.25, -0.2) is 9.97 Å². The molecule has 3 nitrogen and oxygen atoms in total. The van der Waals surface area contributed by atoms with Crippen LogP contribution in [0.2, 0.25) is 5.15 Å². The van der Waals surface area contributed by atoms with E-state index in [1.165, 1.54) is 17.4 Å². The van der Waals surface area contributed by atoms with Crippen molar-refractivity contribution in [3.05, 3.63) is 37.8 Å². The third kappa shape index (κ3) is 3.83. The van der Waals surface area contributed by atoms with Crippen molar-refractivity contribution in [3.63, 3.8) is 0 Å². The van der Waals surface area contributed by atoms with Crippen LogP contribution in [0.15, 0.2) is 21.3 Å². The molecule has 0 fully saturated rings. The molecule has 9 heteroatoms. The molecule has 0 aliphatic heterocycles. The van der Waals surface area contributed by atoms with Crippen LogP contribution >= 0.6 is 38.9 Å². The zero-order chi connectivity index (χ0) is 14.9. The molecule has 2 aromatic heterocycles.